The Hall–Kier alpha value is -1.02. The smallest absolute Gasteiger partial charge is 0.123 e. The van der Waals surface area contributed by atoms with Gasteiger partial charge in [-0.05, 0) is 37.3 Å². The van der Waals surface area contributed by atoms with Crippen molar-refractivity contribution in [2.45, 2.75) is 39.2 Å². The van der Waals surface area contributed by atoms with E-state index in [-0.39, 0.29) is 6.61 Å². The van der Waals surface area contributed by atoms with Crippen LogP contribution in [0.25, 0.3) is 0 Å². The molecule has 0 saturated carbocycles. The lowest BCUT2D eigenvalue weighted by Gasteiger charge is -2.13. The molecule has 1 aromatic carbocycles. The molecular weight excluding hydrogens is 200 g/mol. The fourth-order valence-corrected chi connectivity index (χ4v) is 2.17. The Balaban J connectivity index is 1.90. The Morgan fingerprint density at radius 1 is 1.50 bits per heavy atom. The molecule has 0 radical (unpaired) electrons. The average Bonchev–Trinajstić information content (AvgIpc) is 2.67. The van der Waals surface area contributed by atoms with Crippen LogP contribution in [0.3, 0.4) is 0 Å². The van der Waals surface area contributed by atoms with Crippen LogP contribution in [0, 0.1) is 12.8 Å². The number of rotatable bonds is 4. The van der Waals surface area contributed by atoms with Crippen LogP contribution in [0.4, 0.5) is 0 Å². The molecule has 2 nitrogen and oxygen atoms in total. The fraction of sp³-hybridized carbons (Fsp3) is 0.571. The Morgan fingerprint density at radius 2 is 2.31 bits per heavy atom. The highest BCUT2D eigenvalue weighted by molar-refractivity contribution is 5.40. The van der Waals surface area contributed by atoms with Crippen LogP contribution in [0.2, 0.25) is 0 Å². The van der Waals surface area contributed by atoms with Crippen molar-refractivity contribution in [2.75, 3.05) is 6.61 Å². The molecule has 88 valence electrons. The molecule has 16 heavy (non-hydrogen) atoms. The highest BCUT2D eigenvalue weighted by atomic mass is 16.5. The molecule has 0 aliphatic carbocycles. The molecule has 0 fully saturated rings. The number of hydrogen-bond acceptors (Lipinski definition) is 2. The van der Waals surface area contributed by atoms with Gasteiger partial charge in [-0.1, -0.05) is 24.6 Å². The van der Waals surface area contributed by atoms with E-state index in [0.29, 0.717) is 12.0 Å². The van der Waals surface area contributed by atoms with Gasteiger partial charge < -0.3 is 9.84 Å². The Morgan fingerprint density at radius 3 is 3.06 bits per heavy atom. The zero-order valence-electron chi connectivity index (χ0n) is 10.1. The van der Waals surface area contributed by atoms with Gasteiger partial charge in [0.2, 0.25) is 0 Å². The third-order valence-electron chi connectivity index (χ3n) is 3.25. The predicted molar refractivity (Wildman–Crippen MR) is 64.8 cm³/mol. The Labute approximate surface area is 97.3 Å². The van der Waals surface area contributed by atoms with Gasteiger partial charge in [-0.15, -0.1) is 0 Å². The molecule has 0 aromatic heterocycles. The topological polar surface area (TPSA) is 29.5 Å². The molecule has 2 rings (SSSR count). The van der Waals surface area contributed by atoms with Crippen molar-refractivity contribution in [1.29, 1.82) is 0 Å². The van der Waals surface area contributed by atoms with E-state index < -0.39 is 0 Å². The SMILES string of the molecule is Cc1ccc2c(c1)CC(CCC(C)CO)O2. The summed E-state index contributed by atoms with van der Waals surface area (Å²) in [7, 11) is 0. The highest BCUT2D eigenvalue weighted by Crippen LogP contribution is 2.31. The molecule has 0 saturated heterocycles. The summed E-state index contributed by atoms with van der Waals surface area (Å²) >= 11 is 0. The van der Waals surface area contributed by atoms with Crippen LogP contribution < -0.4 is 4.74 Å². The van der Waals surface area contributed by atoms with Crippen molar-refractivity contribution in [3.63, 3.8) is 0 Å². The van der Waals surface area contributed by atoms with Gasteiger partial charge in [0, 0.05) is 13.0 Å². The molecule has 2 atom stereocenters. The van der Waals surface area contributed by atoms with Crippen molar-refractivity contribution in [3.8, 4) is 5.75 Å². The third-order valence-corrected chi connectivity index (χ3v) is 3.25. The molecule has 0 bridgehead atoms. The standard InChI is InChI=1S/C14H20O2/c1-10-4-6-14-12(7-10)8-13(16-14)5-3-11(2)9-15/h4,6-7,11,13,15H,3,5,8-9H2,1-2H3. The van der Waals surface area contributed by atoms with Gasteiger partial charge in [0.05, 0.1) is 0 Å². The first-order valence-corrected chi connectivity index (χ1v) is 6.06. The number of fused-ring (bicyclic) bond motifs is 1. The van der Waals surface area contributed by atoms with Crippen molar-refractivity contribution >= 4 is 0 Å². The lowest BCUT2D eigenvalue weighted by atomic mass is 10.0. The van der Waals surface area contributed by atoms with Gasteiger partial charge in [0.25, 0.3) is 0 Å². The summed E-state index contributed by atoms with van der Waals surface area (Å²) in [5.41, 5.74) is 2.63. The summed E-state index contributed by atoms with van der Waals surface area (Å²) in [5.74, 6) is 1.43. The molecule has 1 N–H and O–H groups in total. The van der Waals surface area contributed by atoms with E-state index in [1.807, 2.05) is 0 Å². The minimum atomic E-state index is 0.277. The maximum atomic E-state index is 8.98. The summed E-state index contributed by atoms with van der Waals surface area (Å²) < 4.78 is 5.88. The number of aliphatic hydroxyl groups is 1. The van der Waals surface area contributed by atoms with Crippen molar-refractivity contribution in [1.82, 2.24) is 0 Å². The van der Waals surface area contributed by atoms with Crippen LogP contribution in [0.15, 0.2) is 18.2 Å². The first-order valence-electron chi connectivity index (χ1n) is 6.06. The molecule has 1 aliphatic rings. The van der Waals surface area contributed by atoms with E-state index in [4.69, 9.17) is 9.84 Å². The number of aryl methyl sites for hydroxylation is 1. The molecule has 0 spiro atoms. The Kier molecular flexibility index (Phi) is 3.49. The van der Waals surface area contributed by atoms with E-state index in [2.05, 4.69) is 32.0 Å². The zero-order chi connectivity index (χ0) is 11.5. The number of aliphatic hydroxyl groups excluding tert-OH is 1. The quantitative estimate of drug-likeness (QED) is 0.845. The maximum absolute atomic E-state index is 8.98. The number of benzene rings is 1. The minimum absolute atomic E-state index is 0.277. The molecule has 2 unspecified atom stereocenters. The van der Waals surface area contributed by atoms with E-state index in [9.17, 15) is 0 Å². The molecule has 1 heterocycles. The van der Waals surface area contributed by atoms with E-state index in [1.54, 1.807) is 0 Å². The summed E-state index contributed by atoms with van der Waals surface area (Å²) in [6.45, 7) is 4.46. The molecule has 1 aliphatic heterocycles. The second-order valence-corrected chi connectivity index (χ2v) is 4.92. The van der Waals surface area contributed by atoms with Crippen molar-refractivity contribution in [2.24, 2.45) is 5.92 Å². The van der Waals surface area contributed by atoms with Crippen LogP contribution in [-0.2, 0) is 6.42 Å². The minimum Gasteiger partial charge on any atom is -0.490 e. The summed E-state index contributed by atoms with van der Waals surface area (Å²) in [6, 6.07) is 6.38. The van der Waals surface area contributed by atoms with Crippen molar-refractivity contribution in [3.05, 3.63) is 29.3 Å². The van der Waals surface area contributed by atoms with Crippen LogP contribution in [0.1, 0.15) is 30.9 Å². The van der Waals surface area contributed by atoms with E-state index in [0.717, 1.165) is 25.0 Å². The first-order chi connectivity index (χ1) is 7.69. The highest BCUT2D eigenvalue weighted by Gasteiger charge is 2.22. The lowest BCUT2D eigenvalue weighted by molar-refractivity contribution is 0.183. The third kappa shape index (κ3) is 2.56. The van der Waals surface area contributed by atoms with Crippen LogP contribution in [-0.4, -0.2) is 17.8 Å². The predicted octanol–water partition coefficient (Wildman–Crippen LogP) is 2.71. The fourth-order valence-electron chi connectivity index (χ4n) is 2.17. The van der Waals surface area contributed by atoms with E-state index in [1.165, 1.54) is 11.1 Å². The van der Waals surface area contributed by atoms with Crippen molar-refractivity contribution < 1.29 is 9.84 Å². The van der Waals surface area contributed by atoms with Gasteiger partial charge in [0.1, 0.15) is 11.9 Å². The second kappa shape index (κ2) is 4.88. The van der Waals surface area contributed by atoms with Crippen LogP contribution in [0.5, 0.6) is 5.75 Å². The Bertz CT molecular complexity index is 360. The average molecular weight is 220 g/mol. The number of hydrogen-bond donors (Lipinski definition) is 1. The van der Waals surface area contributed by atoms with Crippen LogP contribution >= 0.6 is 0 Å². The first kappa shape index (κ1) is 11.5. The largest absolute Gasteiger partial charge is 0.490 e. The normalized spacial score (nSPS) is 20.3. The molecule has 2 heteroatoms. The van der Waals surface area contributed by atoms with Gasteiger partial charge in [-0.3, -0.25) is 0 Å². The lowest BCUT2D eigenvalue weighted by Crippen LogP contribution is -2.15. The van der Waals surface area contributed by atoms with Gasteiger partial charge in [-0.2, -0.15) is 0 Å². The second-order valence-electron chi connectivity index (χ2n) is 4.92. The van der Waals surface area contributed by atoms with Gasteiger partial charge >= 0.3 is 0 Å². The van der Waals surface area contributed by atoms with Gasteiger partial charge in [-0.25, -0.2) is 0 Å². The molecule has 1 aromatic rings. The monoisotopic (exact) mass is 220 g/mol. The van der Waals surface area contributed by atoms with E-state index >= 15 is 0 Å². The van der Waals surface area contributed by atoms with Gasteiger partial charge in [0.15, 0.2) is 0 Å². The summed E-state index contributed by atoms with van der Waals surface area (Å²) in [4.78, 5) is 0. The summed E-state index contributed by atoms with van der Waals surface area (Å²) in [5, 5.41) is 8.98. The number of ether oxygens (including phenoxy) is 1. The maximum Gasteiger partial charge on any atom is 0.123 e. The zero-order valence-corrected chi connectivity index (χ0v) is 10.1. The summed E-state index contributed by atoms with van der Waals surface area (Å²) in [6.07, 6.45) is 3.41. The molecule has 0 amide bonds. The molecular formula is C14H20O2.